The van der Waals surface area contributed by atoms with E-state index in [0.717, 1.165) is 19.4 Å². The van der Waals surface area contributed by atoms with Gasteiger partial charge in [-0.3, -0.25) is 9.48 Å². The van der Waals surface area contributed by atoms with Crippen LogP contribution in [-0.4, -0.2) is 48.1 Å². The first-order chi connectivity index (χ1) is 12.0. The maximum Gasteiger partial charge on any atom is 0.254 e. The quantitative estimate of drug-likeness (QED) is 0.844. The summed E-state index contributed by atoms with van der Waals surface area (Å²) in [6.45, 7) is 3.49. The van der Waals surface area contributed by atoms with E-state index in [4.69, 9.17) is 0 Å². The van der Waals surface area contributed by atoms with Gasteiger partial charge in [-0.1, -0.05) is 0 Å². The van der Waals surface area contributed by atoms with Crippen LogP contribution in [0.1, 0.15) is 30.1 Å². The van der Waals surface area contributed by atoms with Crippen LogP contribution >= 0.6 is 0 Å². The summed E-state index contributed by atoms with van der Waals surface area (Å²) in [4.78, 5) is 14.5. The first kappa shape index (κ1) is 17.6. The highest BCUT2D eigenvalue weighted by molar-refractivity contribution is 7.89. The second-order valence-electron chi connectivity index (χ2n) is 6.18. The molecule has 25 heavy (non-hydrogen) atoms. The molecule has 8 heteroatoms. The molecular formula is C17H22N4O3S. The van der Waals surface area contributed by atoms with Gasteiger partial charge in [0.25, 0.3) is 5.91 Å². The van der Waals surface area contributed by atoms with Crippen molar-refractivity contribution in [3.63, 3.8) is 0 Å². The van der Waals surface area contributed by atoms with E-state index in [9.17, 15) is 13.2 Å². The van der Waals surface area contributed by atoms with Crippen LogP contribution in [0.2, 0.25) is 0 Å². The van der Waals surface area contributed by atoms with Crippen molar-refractivity contribution < 1.29 is 13.2 Å². The number of aromatic nitrogens is 2. The molecule has 0 aliphatic carbocycles. The SMILES string of the molecule is CC1CCCN1C(=O)c1ccc(S(=O)(=O)NCCn2cccn2)cc1. The summed E-state index contributed by atoms with van der Waals surface area (Å²) in [7, 11) is -3.60. The van der Waals surface area contributed by atoms with E-state index >= 15 is 0 Å². The Morgan fingerprint density at radius 2 is 2.08 bits per heavy atom. The molecule has 3 rings (SSSR count). The van der Waals surface area contributed by atoms with Gasteiger partial charge in [0, 0.05) is 37.1 Å². The van der Waals surface area contributed by atoms with Crippen molar-refractivity contribution in [2.24, 2.45) is 0 Å². The smallest absolute Gasteiger partial charge is 0.254 e. The maximum absolute atomic E-state index is 12.5. The summed E-state index contributed by atoms with van der Waals surface area (Å²) >= 11 is 0. The molecule has 1 fully saturated rings. The van der Waals surface area contributed by atoms with Gasteiger partial charge in [0.2, 0.25) is 10.0 Å². The molecule has 1 atom stereocenters. The van der Waals surface area contributed by atoms with E-state index in [1.54, 1.807) is 35.3 Å². The summed E-state index contributed by atoms with van der Waals surface area (Å²) < 4.78 is 28.8. The second kappa shape index (κ2) is 7.37. The number of sulfonamides is 1. The van der Waals surface area contributed by atoms with Gasteiger partial charge in [0.05, 0.1) is 11.4 Å². The Labute approximate surface area is 147 Å². The molecule has 2 aromatic rings. The lowest BCUT2D eigenvalue weighted by molar-refractivity contribution is 0.0747. The molecule has 1 N–H and O–H groups in total. The maximum atomic E-state index is 12.5. The van der Waals surface area contributed by atoms with E-state index in [2.05, 4.69) is 9.82 Å². The highest BCUT2D eigenvalue weighted by Gasteiger charge is 2.26. The number of benzene rings is 1. The minimum absolute atomic E-state index is 0.0411. The van der Waals surface area contributed by atoms with Crippen LogP contribution in [0, 0.1) is 0 Å². The highest BCUT2D eigenvalue weighted by Crippen LogP contribution is 2.20. The number of carbonyl (C=O) groups excluding carboxylic acids is 1. The number of hydrogen-bond donors (Lipinski definition) is 1. The van der Waals surface area contributed by atoms with Crippen LogP contribution in [0.25, 0.3) is 0 Å². The zero-order valence-electron chi connectivity index (χ0n) is 14.1. The lowest BCUT2D eigenvalue weighted by atomic mass is 10.2. The van der Waals surface area contributed by atoms with E-state index in [0.29, 0.717) is 12.1 Å². The first-order valence-corrected chi connectivity index (χ1v) is 9.84. The van der Waals surface area contributed by atoms with Crippen LogP contribution in [0.5, 0.6) is 0 Å². The Kier molecular flexibility index (Phi) is 5.19. The standard InChI is InChI=1S/C17H22N4O3S/c1-14-4-2-12-21(14)17(22)15-5-7-16(8-6-15)25(23,24)19-10-13-20-11-3-9-18-20/h3,5-9,11,14,19H,2,4,10,12-13H2,1H3. The molecule has 0 radical (unpaired) electrons. The number of likely N-dealkylation sites (tertiary alicyclic amines) is 1. The van der Waals surface area contributed by atoms with E-state index in [1.807, 2.05) is 11.8 Å². The van der Waals surface area contributed by atoms with Crippen molar-refractivity contribution in [1.29, 1.82) is 0 Å². The van der Waals surface area contributed by atoms with E-state index in [-0.39, 0.29) is 23.4 Å². The van der Waals surface area contributed by atoms with Crippen molar-refractivity contribution in [3.8, 4) is 0 Å². The summed E-state index contributed by atoms with van der Waals surface area (Å²) in [5.41, 5.74) is 0.518. The second-order valence-corrected chi connectivity index (χ2v) is 7.95. The zero-order valence-corrected chi connectivity index (χ0v) is 14.9. The Morgan fingerprint density at radius 1 is 1.32 bits per heavy atom. The molecule has 1 aromatic heterocycles. The minimum atomic E-state index is -3.60. The fourth-order valence-electron chi connectivity index (χ4n) is 2.99. The fraction of sp³-hybridized carbons (Fsp3) is 0.412. The number of nitrogens with zero attached hydrogens (tertiary/aromatic N) is 3. The molecule has 1 aliphatic heterocycles. The van der Waals surface area contributed by atoms with Gasteiger partial charge in [-0.25, -0.2) is 13.1 Å². The molecule has 1 amide bonds. The van der Waals surface area contributed by atoms with Crippen molar-refractivity contribution >= 4 is 15.9 Å². The van der Waals surface area contributed by atoms with E-state index in [1.165, 1.54) is 12.1 Å². The average Bonchev–Trinajstić information content (AvgIpc) is 3.26. The minimum Gasteiger partial charge on any atom is -0.336 e. The van der Waals surface area contributed by atoms with Gasteiger partial charge >= 0.3 is 0 Å². The fourth-order valence-corrected chi connectivity index (χ4v) is 4.01. The number of hydrogen-bond acceptors (Lipinski definition) is 4. The van der Waals surface area contributed by atoms with Gasteiger partial charge in [0.15, 0.2) is 0 Å². The van der Waals surface area contributed by atoms with Crippen LogP contribution < -0.4 is 4.72 Å². The molecule has 1 saturated heterocycles. The molecule has 0 spiro atoms. The van der Waals surface area contributed by atoms with Gasteiger partial charge in [-0.05, 0) is 50.1 Å². The van der Waals surface area contributed by atoms with Gasteiger partial charge in [-0.15, -0.1) is 0 Å². The molecule has 134 valence electrons. The molecule has 1 aliphatic rings. The Balaban J connectivity index is 1.63. The lowest BCUT2D eigenvalue weighted by Gasteiger charge is -2.21. The average molecular weight is 362 g/mol. The van der Waals surface area contributed by atoms with Crippen molar-refractivity contribution in [2.75, 3.05) is 13.1 Å². The summed E-state index contributed by atoms with van der Waals surface area (Å²) in [6.07, 6.45) is 5.44. The number of carbonyl (C=O) groups is 1. The Bertz CT molecular complexity index is 816. The molecule has 1 unspecified atom stereocenters. The van der Waals surface area contributed by atoms with Crippen LogP contribution in [-0.2, 0) is 16.6 Å². The predicted octanol–water partition coefficient (Wildman–Crippen LogP) is 1.49. The van der Waals surface area contributed by atoms with Crippen molar-refractivity contribution in [1.82, 2.24) is 19.4 Å². The van der Waals surface area contributed by atoms with Crippen molar-refractivity contribution in [3.05, 3.63) is 48.3 Å². The third-order valence-corrected chi connectivity index (χ3v) is 5.89. The zero-order chi connectivity index (χ0) is 17.9. The summed E-state index contributed by atoms with van der Waals surface area (Å²) in [6, 6.07) is 8.13. The molecular weight excluding hydrogens is 340 g/mol. The van der Waals surface area contributed by atoms with Gasteiger partial charge in [-0.2, -0.15) is 5.10 Å². The molecule has 7 nitrogen and oxygen atoms in total. The molecule has 1 aromatic carbocycles. The largest absolute Gasteiger partial charge is 0.336 e. The first-order valence-electron chi connectivity index (χ1n) is 8.35. The lowest BCUT2D eigenvalue weighted by Crippen LogP contribution is -2.33. The Morgan fingerprint density at radius 3 is 2.68 bits per heavy atom. The summed E-state index contributed by atoms with van der Waals surface area (Å²) in [5, 5.41) is 4.02. The van der Waals surface area contributed by atoms with Crippen LogP contribution in [0.3, 0.4) is 0 Å². The van der Waals surface area contributed by atoms with Crippen LogP contribution in [0.15, 0.2) is 47.6 Å². The predicted molar refractivity (Wildman–Crippen MR) is 93.6 cm³/mol. The number of amides is 1. The monoisotopic (exact) mass is 362 g/mol. The summed E-state index contributed by atoms with van der Waals surface area (Å²) in [5.74, 6) is -0.0411. The Hall–Kier alpha value is -2.19. The third kappa shape index (κ3) is 4.08. The van der Waals surface area contributed by atoms with Gasteiger partial charge in [0.1, 0.15) is 0 Å². The van der Waals surface area contributed by atoms with Crippen LogP contribution in [0.4, 0.5) is 0 Å². The molecule has 0 saturated carbocycles. The number of nitrogens with one attached hydrogen (secondary N) is 1. The molecule has 0 bridgehead atoms. The molecule has 2 heterocycles. The third-order valence-electron chi connectivity index (χ3n) is 4.42. The topological polar surface area (TPSA) is 84.3 Å². The van der Waals surface area contributed by atoms with Gasteiger partial charge < -0.3 is 4.90 Å². The highest BCUT2D eigenvalue weighted by atomic mass is 32.2. The number of rotatable bonds is 6. The normalized spacial score (nSPS) is 17.8. The van der Waals surface area contributed by atoms with Crippen molar-refractivity contribution in [2.45, 2.75) is 37.2 Å². The van der Waals surface area contributed by atoms with E-state index < -0.39 is 10.0 Å².